The Bertz CT molecular complexity index is 306. The minimum Gasteiger partial charge on any atom is -0.342 e. The molecule has 2 aliphatic rings. The van der Waals surface area contributed by atoms with Crippen molar-refractivity contribution in [3.8, 4) is 0 Å². The molecule has 1 atom stereocenters. The summed E-state index contributed by atoms with van der Waals surface area (Å²) < 4.78 is 0. The van der Waals surface area contributed by atoms with Crippen LogP contribution in [-0.4, -0.2) is 23.9 Å². The van der Waals surface area contributed by atoms with E-state index < -0.39 is 0 Å². The van der Waals surface area contributed by atoms with Crippen LogP contribution >= 0.6 is 0 Å². The fraction of sp³-hybridized carbons (Fsp3) is 0.944. The summed E-state index contributed by atoms with van der Waals surface area (Å²) in [5, 5.41) is 0. The van der Waals surface area contributed by atoms with Gasteiger partial charge in [0.1, 0.15) is 0 Å². The van der Waals surface area contributed by atoms with Crippen LogP contribution in [0.3, 0.4) is 0 Å². The zero-order valence-corrected chi connectivity index (χ0v) is 13.8. The molecule has 0 aromatic carbocycles. The van der Waals surface area contributed by atoms with Gasteiger partial charge in [-0.2, -0.15) is 0 Å². The van der Waals surface area contributed by atoms with E-state index in [1.165, 1.54) is 51.4 Å². The third-order valence-electron chi connectivity index (χ3n) is 5.04. The second-order valence-electron chi connectivity index (χ2n) is 8.16. The summed E-state index contributed by atoms with van der Waals surface area (Å²) in [6, 6.07) is 0. The molecule has 1 saturated carbocycles. The average molecular weight is 279 g/mol. The molecule has 20 heavy (non-hydrogen) atoms. The predicted octanol–water partition coefficient (Wildman–Crippen LogP) is 4.63. The van der Waals surface area contributed by atoms with Crippen LogP contribution < -0.4 is 0 Å². The molecule has 0 N–H and O–H groups in total. The van der Waals surface area contributed by atoms with E-state index in [-0.39, 0.29) is 11.3 Å². The van der Waals surface area contributed by atoms with Gasteiger partial charge in [-0.3, -0.25) is 4.79 Å². The van der Waals surface area contributed by atoms with Crippen LogP contribution in [-0.2, 0) is 4.79 Å². The predicted molar refractivity (Wildman–Crippen MR) is 84.6 cm³/mol. The third-order valence-corrected chi connectivity index (χ3v) is 5.04. The molecule has 1 heterocycles. The Morgan fingerprint density at radius 3 is 2.10 bits per heavy atom. The van der Waals surface area contributed by atoms with E-state index in [1.807, 2.05) is 0 Å². The first-order valence-corrected chi connectivity index (χ1v) is 8.76. The standard InChI is InChI=1S/C18H33NO/c1-18(2,3)14-16(15-10-6-4-7-11-15)17(20)19-12-8-5-9-13-19/h15-16H,4-14H2,1-3H3/t16-/m0/s1. The van der Waals surface area contributed by atoms with Crippen LogP contribution in [0, 0.1) is 17.3 Å². The van der Waals surface area contributed by atoms with Crippen molar-refractivity contribution < 1.29 is 4.79 Å². The number of likely N-dealkylation sites (tertiary alicyclic amines) is 1. The molecule has 2 fully saturated rings. The van der Waals surface area contributed by atoms with Crippen LogP contribution in [0.25, 0.3) is 0 Å². The van der Waals surface area contributed by atoms with Crippen molar-refractivity contribution in [2.75, 3.05) is 13.1 Å². The molecule has 0 spiro atoms. The maximum atomic E-state index is 13.0. The van der Waals surface area contributed by atoms with Gasteiger partial charge in [0.2, 0.25) is 5.91 Å². The largest absolute Gasteiger partial charge is 0.342 e. The SMILES string of the molecule is CC(C)(C)C[C@H](C(=O)N1CCCCC1)C1CCCCC1. The lowest BCUT2D eigenvalue weighted by Gasteiger charge is -2.38. The Kier molecular flexibility index (Phi) is 5.51. The summed E-state index contributed by atoms with van der Waals surface area (Å²) in [5.74, 6) is 1.41. The van der Waals surface area contributed by atoms with Gasteiger partial charge in [-0.1, -0.05) is 40.0 Å². The number of carbonyl (C=O) groups is 1. The van der Waals surface area contributed by atoms with E-state index in [0.29, 0.717) is 11.8 Å². The zero-order chi connectivity index (χ0) is 14.6. The Morgan fingerprint density at radius 2 is 1.55 bits per heavy atom. The van der Waals surface area contributed by atoms with Gasteiger partial charge in [0.15, 0.2) is 0 Å². The number of rotatable bonds is 3. The number of carbonyl (C=O) groups excluding carboxylic acids is 1. The molecule has 1 amide bonds. The van der Waals surface area contributed by atoms with Crippen LogP contribution in [0.1, 0.15) is 78.6 Å². The van der Waals surface area contributed by atoms with Crippen molar-refractivity contribution in [1.29, 1.82) is 0 Å². The van der Waals surface area contributed by atoms with Gasteiger partial charge in [0.05, 0.1) is 0 Å². The maximum Gasteiger partial charge on any atom is 0.225 e. The van der Waals surface area contributed by atoms with Gasteiger partial charge >= 0.3 is 0 Å². The van der Waals surface area contributed by atoms with Crippen molar-refractivity contribution in [2.45, 2.75) is 78.6 Å². The quantitative estimate of drug-likeness (QED) is 0.737. The fourth-order valence-electron chi connectivity index (χ4n) is 4.00. The van der Waals surface area contributed by atoms with E-state index in [2.05, 4.69) is 25.7 Å². The lowest BCUT2D eigenvalue weighted by Crippen LogP contribution is -2.43. The number of hydrogen-bond donors (Lipinski definition) is 0. The molecule has 0 radical (unpaired) electrons. The Morgan fingerprint density at radius 1 is 1.00 bits per heavy atom. The minimum absolute atomic E-state index is 0.258. The number of amides is 1. The smallest absolute Gasteiger partial charge is 0.225 e. The van der Waals surface area contributed by atoms with Crippen molar-refractivity contribution in [3.63, 3.8) is 0 Å². The van der Waals surface area contributed by atoms with Gasteiger partial charge < -0.3 is 4.90 Å². The Labute approximate surface area is 125 Å². The summed E-state index contributed by atoms with van der Waals surface area (Å²) in [4.78, 5) is 15.2. The number of piperidine rings is 1. The fourth-order valence-corrected chi connectivity index (χ4v) is 4.00. The molecule has 1 aliphatic carbocycles. The van der Waals surface area contributed by atoms with Gasteiger partial charge in [-0.05, 0) is 49.9 Å². The molecule has 0 aromatic heterocycles. The normalized spacial score (nSPS) is 23.6. The molecule has 0 unspecified atom stereocenters. The molecular formula is C18H33NO. The average Bonchev–Trinajstić information content (AvgIpc) is 2.45. The van der Waals surface area contributed by atoms with Crippen LogP contribution in [0.2, 0.25) is 0 Å². The van der Waals surface area contributed by atoms with Crippen molar-refractivity contribution in [1.82, 2.24) is 4.90 Å². The Hall–Kier alpha value is -0.530. The lowest BCUT2D eigenvalue weighted by molar-refractivity contribution is -0.140. The van der Waals surface area contributed by atoms with E-state index in [1.54, 1.807) is 0 Å². The second kappa shape index (κ2) is 6.95. The molecular weight excluding hydrogens is 246 g/mol. The lowest BCUT2D eigenvalue weighted by atomic mass is 9.72. The molecule has 2 heteroatoms. The zero-order valence-electron chi connectivity index (χ0n) is 13.8. The first-order valence-electron chi connectivity index (χ1n) is 8.76. The third kappa shape index (κ3) is 4.49. The summed E-state index contributed by atoms with van der Waals surface area (Å²) in [5.41, 5.74) is 0.258. The summed E-state index contributed by atoms with van der Waals surface area (Å²) >= 11 is 0. The number of hydrogen-bond acceptors (Lipinski definition) is 1. The summed E-state index contributed by atoms with van der Waals surface area (Å²) in [7, 11) is 0. The molecule has 1 aliphatic heterocycles. The van der Waals surface area contributed by atoms with Crippen molar-refractivity contribution in [2.24, 2.45) is 17.3 Å². The van der Waals surface area contributed by atoms with Gasteiger partial charge in [0, 0.05) is 19.0 Å². The topological polar surface area (TPSA) is 20.3 Å². The molecule has 1 saturated heterocycles. The molecule has 0 bridgehead atoms. The highest BCUT2D eigenvalue weighted by Crippen LogP contribution is 2.38. The van der Waals surface area contributed by atoms with Crippen molar-refractivity contribution in [3.05, 3.63) is 0 Å². The summed E-state index contributed by atoms with van der Waals surface area (Å²) in [6.07, 6.45) is 11.4. The Balaban J connectivity index is 2.05. The molecule has 116 valence electrons. The summed E-state index contributed by atoms with van der Waals surface area (Å²) in [6.45, 7) is 8.86. The van der Waals surface area contributed by atoms with E-state index >= 15 is 0 Å². The van der Waals surface area contributed by atoms with Crippen LogP contribution in [0.15, 0.2) is 0 Å². The molecule has 0 aromatic rings. The van der Waals surface area contributed by atoms with E-state index in [9.17, 15) is 4.79 Å². The van der Waals surface area contributed by atoms with Crippen LogP contribution in [0.4, 0.5) is 0 Å². The monoisotopic (exact) mass is 279 g/mol. The molecule has 2 nitrogen and oxygen atoms in total. The van der Waals surface area contributed by atoms with Gasteiger partial charge in [-0.15, -0.1) is 0 Å². The van der Waals surface area contributed by atoms with E-state index in [0.717, 1.165) is 19.5 Å². The maximum absolute atomic E-state index is 13.0. The first kappa shape index (κ1) is 15.9. The van der Waals surface area contributed by atoms with E-state index in [4.69, 9.17) is 0 Å². The van der Waals surface area contributed by atoms with Crippen molar-refractivity contribution >= 4 is 5.91 Å². The highest BCUT2D eigenvalue weighted by molar-refractivity contribution is 5.79. The highest BCUT2D eigenvalue weighted by atomic mass is 16.2. The highest BCUT2D eigenvalue weighted by Gasteiger charge is 2.35. The van der Waals surface area contributed by atoms with Crippen LogP contribution in [0.5, 0.6) is 0 Å². The number of nitrogens with zero attached hydrogens (tertiary/aromatic N) is 1. The minimum atomic E-state index is 0.258. The van der Waals surface area contributed by atoms with Gasteiger partial charge in [-0.25, -0.2) is 0 Å². The second-order valence-corrected chi connectivity index (χ2v) is 8.16. The first-order chi connectivity index (χ1) is 9.47. The molecule has 2 rings (SSSR count). The van der Waals surface area contributed by atoms with Gasteiger partial charge in [0.25, 0.3) is 0 Å².